The second kappa shape index (κ2) is 8.37. The monoisotopic (exact) mass is 383 g/mol. The van der Waals surface area contributed by atoms with Crippen LogP contribution in [0.4, 0.5) is 0 Å². The lowest BCUT2D eigenvalue weighted by Crippen LogP contribution is -2.51. The predicted molar refractivity (Wildman–Crippen MR) is 101 cm³/mol. The highest BCUT2D eigenvalue weighted by Crippen LogP contribution is 2.27. The molecular weight excluding hydrogens is 354 g/mol. The van der Waals surface area contributed by atoms with Gasteiger partial charge in [0.15, 0.2) is 0 Å². The minimum atomic E-state index is -3.79. The van der Waals surface area contributed by atoms with Gasteiger partial charge in [-0.15, -0.1) is 0 Å². The Kier molecular flexibility index (Phi) is 6.65. The normalized spacial score (nSPS) is 19.5. The molecule has 1 saturated heterocycles. The second-order valence-electron chi connectivity index (χ2n) is 7.06. The largest absolute Gasteiger partial charge is 0.495 e. The molecule has 8 heteroatoms. The molecule has 2 unspecified atom stereocenters. The molecule has 2 atom stereocenters. The molecule has 26 heavy (non-hydrogen) atoms. The number of nitrogens with two attached hydrogens (primary N) is 1. The Hall–Kier alpha value is -1.64. The zero-order valence-corrected chi connectivity index (χ0v) is 16.7. The van der Waals surface area contributed by atoms with Gasteiger partial charge in [0.2, 0.25) is 10.0 Å². The minimum Gasteiger partial charge on any atom is -0.495 e. The Morgan fingerprint density at radius 2 is 2.00 bits per heavy atom. The zero-order chi connectivity index (χ0) is 19.5. The number of amides is 1. The standard InChI is InChI=1S/C18H29N3O4S/c1-12(2)20-26(23,24)17-11-14(8-9-16(17)25-4)18(22)21-10-6-5-7-15(21)13(3)19/h8-9,11-13,15,20H,5-7,10,19H2,1-4H3. The van der Waals surface area contributed by atoms with Crippen LogP contribution in [0.25, 0.3) is 0 Å². The van der Waals surface area contributed by atoms with E-state index < -0.39 is 10.0 Å². The first-order valence-corrected chi connectivity index (χ1v) is 10.4. The third-order valence-electron chi connectivity index (χ3n) is 4.51. The number of carbonyl (C=O) groups is 1. The van der Waals surface area contributed by atoms with E-state index in [-0.39, 0.29) is 34.7 Å². The van der Waals surface area contributed by atoms with E-state index in [9.17, 15) is 13.2 Å². The van der Waals surface area contributed by atoms with Crippen LogP contribution in [0.15, 0.2) is 23.1 Å². The molecule has 1 aliphatic rings. The van der Waals surface area contributed by atoms with Gasteiger partial charge >= 0.3 is 0 Å². The minimum absolute atomic E-state index is 0.0334. The van der Waals surface area contributed by atoms with Crippen LogP contribution >= 0.6 is 0 Å². The first-order valence-electron chi connectivity index (χ1n) is 8.94. The van der Waals surface area contributed by atoms with Gasteiger partial charge in [-0.05, 0) is 58.2 Å². The molecule has 0 saturated carbocycles. The topological polar surface area (TPSA) is 102 Å². The molecule has 146 valence electrons. The fraction of sp³-hybridized carbons (Fsp3) is 0.611. The number of rotatable bonds is 6. The molecule has 0 radical (unpaired) electrons. The first kappa shape index (κ1) is 20.7. The van der Waals surface area contributed by atoms with E-state index >= 15 is 0 Å². The van der Waals surface area contributed by atoms with Gasteiger partial charge in [0.25, 0.3) is 5.91 Å². The maximum absolute atomic E-state index is 13.0. The molecule has 0 bridgehead atoms. The van der Waals surface area contributed by atoms with Gasteiger partial charge in [0.05, 0.1) is 7.11 Å². The lowest BCUT2D eigenvalue weighted by atomic mass is 9.96. The third-order valence-corrected chi connectivity index (χ3v) is 6.19. The van der Waals surface area contributed by atoms with Crippen LogP contribution in [0.3, 0.4) is 0 Å². The van der Waals surface area contributed by atoms with Gasteiger partial charge in [0, 0.05) is 30.2 Å². The van der Waals surface area contributed by atoms with Gasteiger partial charge in [-0.1, -0.05) is 0 Å². The zero-order valence-electron chi connectivity index (χ0n) is 15.9. The Bertz CT molecular complexity index is 747. The van der Waals surface area contributed by atoms with Gasteiger partial charge in [0.1, 0.15) is 10.6 Å². The number of methoxy groups -OCH3 is 1. The van der Waals surface area contributed by atoms with E-state index in [4.69, 9.17) is 10.5 Å². The molecule has 1 aromatic carbocycles. The summed E-state index contributed by atoms with van der Waals surface area (Å²) >= 11 is 0. The first-order chi connectivity index (χ1) is 12.2. The van der Waals surface area contributed by atoms with Crippen LogP contribution in [-0.2, 0) is 10.0 Å². The predicted octanol–water partition coefficient (Wildman–Crippen LogP) is 1.72. The fourth-order valence-electron chi connectivity index (χ4n) is 3.32. The molecule has 1 aliphatic heterocycles. The highest BCUT2D eigenvalue weighted by molar-refractivity contribution is 7.89. The van der Waals surface area contributed by atoms with Crippen molar-refractivity contribution in [1.82, 2.24) is 9.62 Å². The molecule has 1 amide bonds. The summed E-state index contributed by atoms with van der Waals surface area (Å²) in [5.41, 5.74) is 6.37. The van der Waals surface area contributed by atoms with Crippen LogP contribution < -0.4 is 15.2 Å². The average Bonchev–Trinajstić information content (AvgIpc) is 2.59. The summed E-state index contributed by atoms with van der Waals surface area (Å²) < 4.78 is 32.9. The molecule has 1 heterocycles. The lowest BCUT2D eigenvalue weighted by molar-refractivity contribution is 0.0583. The molecular formula is C18H29N3O4S. The van der Waals surface area contributed by atoms with Crippen LogP contribution in [0.1, 0.15) is 50.4 Å². The van der Waals surface area contributed by atoms with Crippen molar-refractivity contribution in [2.45, 2.75) is 63.1 Å². The van der Waals surface area contributed by atoms with E-state index in [1.165, 1.54) is 19.2 Å². The Morgan fingerprint density at radius 1 is 1.31 bits per heavy atom. The van der Waals surface area contributed by atoms with Crippen LogP contribution in [-0.4, -0.2) is 51.0 Å². The van der Waals surface area contributed by atoms with Gasteiger partial charge in [-0.3, -0.25) is 4.79 Å². The molecule has 1 aromatic rings. The van der Waals surface area contributed by atoms with Crippen molar-refractivity contribution < 1.29 is 17.9 Å². The molecule has 0 spiro atoms. The lowest BCUT2D eigenvalue weighted by Gasteiger charge is -2.38. The number of nitrogens with one attached hydrogen (secondary N) is 1. The quantitative estimate of drug-likeness (QED) is 0.779. The summed E-state index contributed by atoms with van der Waals surface area (Å²) in [4.78, 5) is 14.8. The summed E-state index contributed by atoms with van der Waals surface area (Å²) in [6.45, 7) is 6.00. The number of hydrogen-bond acceptors (Lipinski definition) is 5. The third kappa shape index (κ3) is 4.55. The Balaban J connectivity index is 2.41. The van der Waals surface area contributed by atoms with Crippen LogP contribution in [0, 0.1) is 0 Å². The van der Waals surface area contributed by atoms with Gasteiger partial charge < -0.3 is 15.4 Å². The smallest absolute Gasteiger partial charge is 0.254 e. The number of hydrogen-bond donors (Lipinski definition) is 2. The Morgan fingerprint density at radius 3 is 2.58 bits per heavy atom. The molecule has 3 N–H and O–H groups in total. The van der Waals surface area contributed by atoms with Crippen molar-refractivity contribution in [3.8, 4) is 5.75 Å². The van der Waals surface area contributed by atoms with E-state index in [0.717, 1.165) is 19.3 Å². The molecule has 0 aliphatic carbocycles. The highest BCUT2D eigenvalue weighted by Gasteiger charge is 2.31. The van der Waals surface area contributed by atoms with Crippen molar-refractivity contribution >= 4 is 15.9 Å². The number of benzene rings is 1. The number of likely N-dealkylation sites (tertiary alicyclic amines) is 1. The average molecular weight is 384 g/mol. The molecule has 7 nitrogen and oxygen atoms in total. The van der Waals surface area contributed by atoms with E-state index in [1.807, 2.05) is 6.92 Å². The van der Waals surface area contributed by atoms with Gasteiger partial charge in [-0.25, -0.2) is 13.1 Å². The van der Waals surface area contributed by atoms with Crippen molar-refractivity contribution in [2.24, 2.45) is 5.73 Å². The Labute approximate surface area is 155 Å². The molecule has 1 fully saturated rings. The van der Waals surface area contributed by atoms with E-state index in [0.29, 0.717) is 12.1 Å². The second-order valence-corrected chi connectivity index (χ2v) is 8.74. The van der Waals surface area contributed by atoms with Crippen molar-refractivity contribution in [2.75, 3.05) is 13.7 Å². The van der Waals surface area contributed by atoms with Gasteiger partial charge in [-0.2, -0.15) is 0 Å². The number of carbonyl (C=O) groups excluding carboxylic acids is 1. The molecule has 2 rings (SSSR count). The summed E-state index contributed by atoms with van der Waals surface area (Å²) in [5.74, 6) is 0.00716. The summed E-state index contributed by atoms with van der Waals surface area (Å²) in [5, 5.41) is 0. The fourth-order valence-corrected chi connectivity index (χ4v) is 4.76. The van der Waals surface area contributed by atoms with Crippen molar-refractivity contribution in [3.63, 3.8) is 0 Å². The number of ether oxygens (including phenoxy) is 1. The molecule has 0 aromatic heterocycles. The summed E-state index contributed by atoms with van der Waals surface area (Å²) in [6, 6.07) is 4.07. The number of sulfonamides is 1. The maximum atomic E-state index is 13.0. The summed E-state index contributed by atoms with van der Waals surface area (Å²) in [6.07, 6.45) is 2.82. The SMILES string of the molecule is COc1ccc(C(=O)N2CCCCC2C(C)N)cc1S(=O)(=O)NC(C)C. The highest BCUT2D eigenvalue weighted by atomic mass is 32.2. The van der Waals surface area contributed by atoms with E-state index in [2.05, 4.69) is 4.72 Å². The number of nitrogens with zero attached hydrogens (tertiary/aromatic N) is 1. The van der Waals surface area contributed by atoms with Crippen LogP contribution in [0.5, 0.6) is 5.75 Å². The van der Waals surface area contributed by atoms with E-state index in [1.54, 1.807) is 24.8 Å². The number of piperidine rings is 1. The van der Waals surface area contributed by atoms with Crippen molar-refractivity contribution in [1.29, 1.82) is 0 Å². The van der Waals surface area contributed by atoms with Crippen molar-refractivity contribution in [3.05, 3.63) is 23.8 Å². The maximum Gasteiger partial charge on any atom is 0.254 e. The van der Waals surface area contributed by atoms with Crippen LogP contribution in [0.2, 0.25) is 0 Å². The summed E-state index contributed by atoms with van der Waals surface area (Å²) in [7, 11) is -2.38.